The topological polar surface area (TPSA) is 55.8 Å². The fraction of sp³-hybridized carbons (Fsp3) is 0.200. The number of hydrogen-bond donors (Lipinski definition) is 0. The Labute approximate surface area is 216 Å². The van der Waals surface area contributed by atoms with E-state index < -0.39 is 0 Å². The number of allylic oxidation sites excluding steroid dienone is 1. The van der Waals surface area contributed by atoms with Crippen LogP contribution in [0.15, 0.2) is 90.4 Å². The number of nitrogens with zero attached hydrogens (tertiary/aromatic N) is 1. The van der Waals surface area contributed by atoms with Crippen molar-refractivity contribution in [3.63, 3.8) is 0 Å². The smallest absolute Gasteiger partial charge is 0.293 e. The second kappa shape index (κ2) is 12.3. The number of thioether (sulfide) groups is 1. The number of benzene rings is 3. The molecule has 1 aliphatic heterocycles. The van der Waals surface area contributed by atoms with Gasteiger partial charge in [0.15, 0.2) is 11.5 Å². The van der Waals surface area contributed by atoms with E-state index in [4.69, 9.17) is 9.47 Å². The molecule has 0 radical (unpaired) electrons. The number of ether oxygens (including phenoxy) is 2. The summed E-state index contributed by atoms with van der Waals surface area (Å²) in [7, 11) is 1.59. The van der Waals surface area contributed by atoms with Crippen molar-refractivity contribution in [2.75, 3.05) is 13.7 Å². The van der Waals surface area contributed by atoms with Gasteiger partial charge in [0.2, 0.25) is 0 Å². The molecule has 0 bridgehead atoms. The number of rotatable bonds is 11. The van der Waals surface area contributed by atoms with Crippen LogP contribution in [0.4, 0.5) is 4.79 Å². The molecule has 0 unspecified atom stereocenters. The zero-order chi connectivity index (χ0) is 25.3. The van der Waals surface area contributed by atoms with Gasteiger partial charge in [0.05, 0.1) is 12.0 Å². The van der Waals surface area contributed by atoms with Crippen LogP contribution in [0.1, 0.15) is 28.7 Å². The lowest BCUT2D eigenvalue weighted by atomic mass is 10.0. The van der Waals surface area contributed by atoms with Crippen molar-refractivity contribution >= 4 is 29.0 Å². The molecular formula is C30H29NO4S. The Morgan fingerprint density at radius 2 is 1.67 bits per heavy atom. The third-order valence-corrected chi connectivity index (χ3v) is 6.73. The first-order valence-electron chi connectivity index (χ1n) is 11.9. The molecule has 0 saturated carbocycles. The molecule has 0 N–H and O–H groups in total. The van der Waals surface area contributed by atoms with Crippen molar-refractivity contribution in [2.24, 2.45) is 0 Å². The average Bonchev–Trinajstić information content (AvgIpc) is 3.16. The third kappa shape index (κ3) is 6.26. The van der Waals surface area contributed by atoms with Crippen molar-refractivity contribution in [1.29, 1.82) is 0 Å². The minimum atomic E-state index is -0.258. The van der Waals surface area contributed by atoms with Gasteiger partial charge in [-0.15, -0.1) is 6.58 Å². The van der Waals surface area contributed by atoms with Gasteiger partial charge >= 0.3 is 0 Å². The molecule has 0 aliphatic carbocycles. The second-order valence-corrected chi connectivity index (χ2v) is 9.39. The summed E-state index contributed by atoms with van der Waals surface area (Å²) in [6.07, 6.45) is 5.66. The predicted molar refractivity (Wildman–Crippen MR) is 145 cm³/mol. The number of amides is 2. The number of aryl methyl sites for hydroxylation is 1. The number of carbonyl (C=O) groups is 2. The lowest BCUT2D eigenvalue weighted by molar-refractivity contribution is -0.122. The summed E-state index contributed by atoms with van der Waals surface area (Å²) in [4.78, 5) is 27.3. The molecule has 2 amide bonds. The molecular weight excluding hydrogens is 470 g/mol. The summed E-state index contributed by atoms with van der Waals surface area (Å²) in [5.74, 6) is 0.956. The third-order valence-electron chi connectivity index (χ3n) is 5.83. The average molecular weight is 500 g/mol. The normalized spacial score (nSPS) is 14.4. The minimum Gasteiger partial charge on any atom is -0.493 e. The zero-order valence-electron chi connectivity index (χ0n) is 20.3. The van der Waals surface area contributed by atoms with Crippen LogP contribution in [0.25, 0.3) is 6.08 Å². The molecule has 3 aromatic rings. The van der Waals surface area contributed by atoms with Crippen molar-refractivity contribution in [3.8, 4) is 11.5 Å². The standard InChI is InChI=1S/C30H29NO4S/c1-3-11-25-18-24(19-26(34-2)28(25)35-21-23-14-8-5-9-15-23)20-27-29(32)31(30(33)36-27)17-10-16-22-12-6-4-7-13-22/h3-9,12-15,18-20H,1,10-11,16-17,21H2,2H3/b27-20+. The van der Waals surface area contributed by atoms with E-state index in [9.17, 15) is 9.59 Å². The van der Waals surface area contributed by atoms with Gasteiger partial charge in [-0.3, -0.25) is 14.5 Å². The van der Waals surface area contributed by atoms with Crippen molar-refractivity contribution in [3.05, 3.63) is 113 Å². The number of imide groups is 1. The van der Waals surface area contributed by atoms with Gasteiger partial charge < -0.3 is 9.47 Å². The summed E-state index contributed by atoms with van der Waals surface area (Å²) >= 11 is 0.974. The summed E-state index contributed by atoms with van der Waals surface area (Å²) in [6, 6.07) is 23.8. The first kappa shape index (κ1) is 25.3. The van der Waals surface area contributed by atoms with E-state index in [1.165, 1.54) is 10.5 Å². The summed E-state index contributed by atoms with van der Waals surface area (Å²) in [6.45, 7) is 4.67. The maximum atomic E-state index is 13.0. The highest BCUT2D eigenvalue weighted by molar-refractivity contribution is 8.18. The zero-order valence-corrected chi connectivity index (χ0v) is 21.1. The molecule has 1 fully saturated rings. The Morgan fingerprint density at radius 1 is 0.972 bits per heavy atom. The molecule has 0 spiro atoms. The van der Waals surface area contributed by atoms with Crippen LogP contribution in [0, 0.1) is 0 Å². The molecule has 0 atom stereocenters. The fourth-order valence-electron chi connectivity index (χ4n) is 4.05. The van der Waals surface area contributed by atoms with E-state index in [2.05, 4.69) is 18.7 Å². The van der Waals surface area contributed by atoms with Crippen LogP contribution in [-0.2, 0) is 24.2 Å². The van der Waals surface area contributed by atoms with E-state index in [-0.39, 0.29) is 11.1 Å². The van der Waals surface area contributed by atoms with Gasteiger partial charge in [-0.1, -0.05) is 66.7 Å². The Balaban J connectivity index is 1.50. The van der Waals surface area contributed by atoms with E-state index in [0.717, 1.165) is 41.3 Å². The van der Waals surface area contributed by atoms with E-state index in [0.29, 0.717) is 36.0 Å². The predicted octanol–water partition coefficient (Wildman–Crippen LogP) is 6.67. The molecule has 4 rings (SSSR count). The van der Waals surface area contributed by atoms with Crippen LogP contribution < -0.4 is 9.47 Å². The van der Waals surface area contributed by atoms with Gasteiger partial charge in [0.25, 0.3) is 11.1 Å². The maximum Gasteiger partial charge on any atom is 0.293 e. The van der Waals surface area contributed by atoms with Gasteiger partial charge in [-0.25, -0.2) is 0 Å². The monoisotopic (exact) mass is 499 g/mol. The second-order valence-electron chi connectivity index (χ2n) is 8.40. The molecule has 0 aromatic heterocycles. The van der Waals surface area contributed by atoms with Crippen molar-refractivity contribution in [2.45, 2.75) is 25.9 Å². The van der Waals surface area contributed by atoms with Gasteiger partial charge in [-0.05, 0) is 65.9 Å². The molecule has 1 aliphatic rings. The SMILES string of the molecule is C=CCc1cc(/C=C2/SC(=O)N(CCCc3ccccc3)C2=O)cc(OC)c1OCc1ccccc1. The highest BCUT2D eigenvalue weighted by Crippen LogP contribution is 2.37. The molecule has 36 heavy (non-hydrogen) atoms. The van der Waals surface area contributed by atoms with Gasteiger partial charge in [-0.2, -0.15) is 0 Å². The first-order chi connectivity index (χ1) is 17.6. The Kier molecular flexibility index (Phi) is 8.63. The van der Waals surface area contributed by atoms with Crippen LogP contribution in [0.3, 0.4) is 0 Å². The lowest BCUT2D eigenvalue weighted by Gasteiger charge is -2.16. The maximum absolute atomic E-state index is 13.0. The van der Waals surface area contributed by atoms with Gasteiger partial charge in [0.1, 0.15) is 6.61 Å². The molecule has 3 aromatic carbocycles. The van der Waals surface area contributed by atoms with Crippen molar-refractivity contribution in [1.82, 2.24) is 4.90 Å². The highest BCUT2D eigenvalue weighted by atomic mass is 32.2. The Bertz CT molecular complexity index is 1250. The van der Waals surface area contributed by atoms with Crippen LogP contribution >= 0.6 is 11.8 Å². The van der Waals surface area contributed by atoms with E-state index >= 15 is 0 Å². The number of carbonyl (C=O) groups excluding carboxylic acids is 2. The summed E-state index contributed by atoms with van der Waals surface area (Å²) in [5.41, 5.74) is 3.91. The van der Waals surface area contributed by atoms with E-state index in [1.54, 1.807) is 19.3 Å². The fourth-order valence-corrected chi connectivity index (χ4v) is 4.91. The van der Waals surface area contributed by atoms with Gasteiger partial charge in [0, 0.05) is 12.1 Å². The molecule has 1 saturated heterocycles. The quantitative estimate of drug-likeness (QED) is 0.218. The number of hydrogen-bond acceptors (Lipinski definition) is 5. The molecule has 184 valence electrons. The van der Waals surface area contributed by atoms with Crippen LogP contribution in [0.2, 0.25) is 0 Å². The molecule has 6 heteroatoms. The molecule has 5 nitrogen and oxygen atoms in total. The first-order valence-corrected chi connectivity index (χ1v) is 12.7. The van der Waals surface area contributed by atoms with E-state index in [1.807, 2.05) is 60.7 Å². The Morgan fingerprint density at radius 3 is 2.33 bits per heavy atom. The summed E-state index contributed by atoms with van der Waals surface area (Å²) < 4.78 is 11.8. The number of methoxy groups -OCH3 is 1. The Hall–Kier alpha value is -3.77. The summed E-state index contributed by atoms with van der Waals surface area (Å²) in [5, 5.41) is -0.236. The lowest BCUT2D eigenvalue weighted by Crippen LogP contribution is -2.29. The highest BCUT2D eigenvalue weighted by Gasteiger charge is 2.34. The van der Waals surface area contributed by atoms with Crippen molar-refractivity contribution < 1.29 is 19.1 Å². The van der Waals surface area contributed by atoms with Crippen LogP contribution in [-0.4, -0.2) is 29.7 Å². The largest absolute Gasteiger partial charge is 0.493 e. The molecule has 1 heterocycles. The minimum absolute atomic E-state index is 0.236. The van der Waals surface area contributed by atoms with Crippen LogP contribution in [0.5, 0.6) is 11.5 Å².